The first-order valence-corrected chi connectivity index (χ1v) is 9.61. The van der Waals surface area contributed by atoms with Crippen molar-refractivity contribution in [2.45, 2.75) is 12.8 Å². The van der Waals surface area contributed by atoms with Gasteiger partial charge in [0.1, 0.15) is 5.76 Å². The Morgan fingerprint density at radius 3 is 2.72 bits per heavy atom. The topological polar surface area (TPSA) is 86.0 Å². The van der Waals surface area contributed by atoms with Crippen molar-refractivity contribution in [3.05, 3.63) is 57.7 Å². The molecular formula is C22H19ClO6. The van der Waals surface area contributed by atoms with E-state index in [4.69, 9.17) is 30.6 Å². The number of methoxy groups -OCH3 is 1. The quantitative estimate of drug-likeness (QED) is 0.633. The minimum absolute atomic E-state index is 0.196. The van der Waals surface area contributed by atoms with E-state index in [1.54, 1.807) is 36.4 Å². The largest absolute Gasteiger partial charge is 0.492 e. The third-order valence-corrected chi connectivity index (χ3v) is 5.51. The fourth-order valence-electron chi connectivity index (χ4n) is 3.59. The van der Waals surface area contributed by atoms with Crippen molar-refractivity contribution < 1.29 is 23.8 Å². The first-order valence-electron chi connectivity index (χ1n) is 9.23. The van der Waals surface area contributed by atoms with Crippen molar-refractivity contribution in [1.29, 1.82) is 0 Å². The van der Waals surface area contributed by atoms with E-state index in [2.05, 4.69) is 0 Å². The van der Waals surface area contributed by atoms with E-state index >= 15 is 0 Å². The Labute approximate surface area is 171 Å². The minimum Gasteiger partial charge on any atom is -0.492 e. The van der Waals surface area contributed by atoms with Crippen LogP contribution in [0.4, 0.5) is 0 Å². The highest BCUT2D eigenvalue weighted by atomic mass is 35.5. The van der Waals surface area contributed by atoms with Gasteiger partial charge in [-0.2, -0.15) is 0 Å². The molecule has 1 aliphatic carbocycles. The van der Waals surface area contributed by atoms with Crippen LogP contribution in [0.3, 0.4) is 0 Å². The predicted molar refractivity (Wildman–Crippen MR) is 109 cm³/mol. The maximum absolute atomic E-state index is 12.5. The number of ether oxygens (including phenoxy) is 2. The van der Waals surface area contributed by atoms with Gasteiger partial charge in [0.25, 0.3) is 0 Å². The molecule has 29 heavy (non-hydrogen) atoms. The van der Waals surface area contributed by atoms with E-state index in [-0.39, 0.29) is 17.3 Å². The van der Waals surface area contributed by atoms with Gasteiger partial charge in [-0.25, -0.2) is 0 Å². The summed E-state index contributed by atoms with van der Waals surface area (Å²) in [7, 11) is 1.52. The van der Waals surface area contributed by atoms with Crippen molar-refractivity contribution in [3.8, 4) is 22.8 Å². The zero-order valence-electron chi connectivity index (χ0n) is 15.7. The molecule has 0 bridgehead atoms. The molecule has 1 heterocycles. The summed E-state index contributed by atoms with van der Waals surface area (Å²) in [6.07, 6.45) is 1.21. The van der Waals surface area contributed by atoms with Crippen LogP contribution in [0.1, 0.15) is 12.8 Å². The average molecular weight is 415 g/mol. The summed E-state index contributed by atoms with van der Waals surface area (Å²) in [6, 6.07) is 11.8. The molecule has 0 unspecified atom stereocenters. The number of carboxylic acids is 1. The van der Waals surface area contributed by atoms with Crippen LogP contribution in [0.2, 0.25) is 5.02 Å². The van der Waals surface area contributed by atoms with Gasteiger partial charge in [-0.05, 0) is 43.0 Å². The third-order valence-electron chi connectivity index (χ3n) is 5.21. The van der Waals surface area contributed by atoms with Crippen LogP contribution in [0, 0.1) is 11.8 Å². The number of carboxylic acid groups (broad SMARTS) is 1. The van der Waals surface area contributed by atoms with E-state index < -0.39 is 5.97 Å². The molecule has 2 aromatic carbocycles. The van der Waals surface area contributed by atoms with Gasteiger partial charge in [-0.15, -0.1) is 0 Å². The van der Waals surface area contributed by atoms with E-state index in [9.17, 15) is 9.59 Å². The van der Waals surface area contributed by atoms with Gasteiger partial charge in [0.05, 0.1) is 35.6 Å². The van der Waals surface area contributed by atoms with Crippen LogP contribution in [-0.2, 0) is 4.79 Å². The Morgan fingerprint density at radius 2 is 2.00 bits per heavy atom. The molecular weight excluding hydrogens is 396 g/mol. The molecule has 1 aromatic heterocycles. The number of fused-ring (bicyclic) bond motifs is 1. The molecule has 3 aromatic rings. The minimum atomic E-state index is -0.758. The van der Waals surface area contributed by atoms with Crippen LogP contribution in [0.5, 0.6) is 11.5 Å². The second kappa shape index (κ2) is 7.79. The summed E-state index contributed by atoms with van der Waals surface area (Å²) >= 11 is 6.20. The second-order valence-corrected chi connectivity index (χ2v) is 7.52. The molecule has 1 N–H and O–H groups in total. The van der Waals surface area contributed by atoms with Crippen LogP contribution in [0.25, 0.3) is 22.3 Å². The average Bonchev–Trinajstić information content (AvgIpc) is 2.67. The number of para-hydroxylation sites is 2. The third kappa shape index (κ3) is 3.68. The first kappa shape index (κ1) is 19.3. The number of benzene rings is 2. The Balaban J connectivity index is 1.64. The summed E-state index contributed by atoms with van der Waals surface area (Å²) < 4.78 is 17.4. The van der Waals surface area contributed by atoms with Gasteiger partial charge in [0.2, 0.25) is 0 Å². The van der Waals surface area contributed by atoms with E-state index in [0.29, 0.717) is 58.3 Å². The smallest absolute Gasteiger partial charge is 0.306 e. The molecule has 6 nitrogen and oxygen atoms in total. The highest BCUT2D eigenvalue weighted by Crippen LogP contribution is 2.40. The molecule has 0 saturated heterocycles. The lowest BCUT2D eigenvalue weighted by Gasteiger charge is -2.32. The fourth-order valence-corrected chi connectivity index (χ4v) is 3.80. The molecule has 1 fully saturated rings. The number of rotatable bonds is 6. The Morgan fingerprint density at radius 1 is 1.24 bits per heavy atom. The monoisotopic (exact) mass is 414 g/mol. The molecule has 0 radical (unpaired) electrons. The maximum Gasteiger partial charge on any atom is 0.306 e. The molecule has 0 atom stereocenters. The lowest BCUT2D eigenvalue weighted by Crippen LogP contribution is -2.33. The van der Waals surface area contributed by atoms with E-state index in [1.807, 2.05) is 0 Å². The van der Waals surface area contributed by atoms with Crippen LogP contribution in [-0.4, -0.2) is 24.8 Å². The summed E-state index contributed by atoms with van der Waals surface area (Å²) in [4.78, 5) is 23.5. The lowest BCUT2D eigenvalue weighted by atomic mass is 9.75. The number of aliphatic carboxylic acids is 1. The van der Waals surface area contributed by atoms with Gasteiger partial charge in [-0.1, -0.05) is 23.7 Å². The van der Waals surface area contributed by atoms with Crippen molar-refractivity contribution in [3.63, 3.8) is 0 Å². The van der Waals surface area contributed by atoms with E-state index in [1.165, 1.54) is 13.2 Å². The summed E-state index contributed by atoms with van der Waals surface area (Å²) in [5.74, 6) is 0.426. The molecule has 4 rings (SSSR count). The standard InChI is InChI=1S/C22H19ClO6/c1-27-21-15(19-10-17(24)14-4-2-6-16(23)20(14)29-19)5-3-7-18(21)28-11-12-8-13(9-12)22(25)26/h2-7,10,12-13H,8-9,11H2,1H3,(H,25,26). The predicted octanol–water partition coefficient (Wildman–Crippen LogP) is 4.61. The van der Waals surface area contributed by atoms with Crippen molar-refractivity contribution in [2.75, 3.05) is 13.7 Å². The molecule has 7 heteroatoms. The maximum atomic E-state index is 12.5. The molecule has 1 saturated carbocycles. The molecule has 1 aliphatic rings. The van der Waals surface area contributed by atoms with Crippen molar-refractivity contribution in [2.24, 2.45) is 11.8 Å². The van der Waals surface area contributed by atoms with Gasteiger partial charge in [0, 0.05) is 6.07 Å². The molecule has 0 spiro atoms. The molecule has 0 amide bonds. The lowest BCUT2D eigenvalue weighted by molar-refractivity contribution is -0.146. The first-order chi connectivity index (χ1) is 14.0. The zero-order chi connectivity index (χ0) is 20.5. The summed E-state index contributed by atoms with van der Waals surface area (Å²) in [6.45, 7) is 0.400. The van der Waals surface area contributed by atoms with Gasteiger partial charge in [-0.3, -0.25) is 9.59 Å². The highest BCUT2D eigenvalue weighted by Gasteiger charge is 2.35. The Kier molecular flexibility index (Phi) is 5.20. The number of carbonyl (C=O) groups is 1. The number of hydrogen-bond acceptors (Lipinski definition) is 5. The fraction of sp³-hybridized carbons (Fsp3) is 0.273. The summed E-state index contributed by atoms with van der Waals surface area (Å²) in [5, 5.41) is 9.75. The highest BCUT2D eigenvalue weighted by molar-refractivity contribution is 6.34. The van der Waals surface area contributed by atoms with Crippen LogP contribution < -0.4 is 14.9 Å². The second-order valence-electron chi connectivity index (χ2n) is 7.11. The SMILES string of the molecule is COc1c(OCC2CC(C(=O)O)C2)cccc1-c1cc(=O)c2cccc(Cl)c2o1. The number of hydrogen-bond donors (Lipinski definition) is 1. The summed E-state index contributed by atoms with van der Waals surface area (Å²) in [5.41, 5.74) is 0.687. The normalized spacial score (nSPS) is 18.3. The molecule has 0 aliphatic heterocycles. The van der Waals surface area contributed by atoms with Gasteiger partial charge < -0.3 is 19.0 Å². The Bertz CT molecular complexity index is 1130. The van der Waals surface area contributed by atoms with Crippen LogP contribution in [0.15, 0.2) is 51.7 Å². The van der Waals surface area contributed by atoms with Gasteiger partial charge in [0.15, 0.2) is 22.5 Å². The number of halogens is 1. The van der Waals surface area contributed by atoms with Crippen molar-refractivity contribution >= 4 is 28.5 Å². The van der Waals surface area contributed by atoms with E-state index in [0.717, 1.165) is 0 Å². The van der Waals surface area contributed by atoms with Crippen molar-refractivity contribution in [1.82, 2.24) is 0 Å². The Hall–Kier alpha value is -2.99. The van der Waals surface area contributed by atoms with Crippen LogP contribution >= 0.6 is 11.6 Å². The molecule has 150 valence electrons. The van der Waals surface area contributed by atoms with Gasteiger partial charge >= 0.3 is 5.97 Å². The zero-order valence-corrected chi connectivity index (χ0v) is 16.4.